The van der Waals surface area contributed by atoms with Gasteiger partial charge in [-0.05, 0) is 13.3 Å². The van der Waals surface area contributed by atoms with Gasteiger partial charge in [-0.15, -0.1) is 0 Å². The van der Waals surface area contributed by atoms with Crippen LogP contribution in [0, 0.1) is 11.3 Å². The van der Waals surface area contributed by atoms with E-state index in [1.54, 1.807) is 19.1 Å². The summed E-state index contributed by atoms with van der Waals surface area (Å²) in [6.45, 7) is 4.76. The first-order chi connectivity index (χ1) is 10.5. The molecule has 0 unspecified atom stereocenters. The Morgan fingerprint density at radius 1 is 1.14 bits per heavy atom. The van der Waals surface area contributed by atoms with E-state index < -0.39 is 11.2 Å². The number of Topliss-reactive ketones (excluding diaryl/α,β-unsaturated/α-hetero) is 2. The van der Waals surface area contributed by atoms with Crippen LogP contribution in [0.25, 0.3) is 0 Å². The fourth-order valence-electron chi connectivity index (χ4n) is 3.66. The number of ketones is 2. The zero-order valence-electron chi connectivity index (χ0n) is 13.1. The van der Waals surface area contributed by atoms with E-state index in [0.717, 1.165) is 0 Å². The van der Waals surface area contributed by atoms with Crippen LogP contribution < -0.4 is 0 Å². The Labute approximate surface area is 130 Å². The van der Waals surface area contributed by atoms with E-state index in [1.165, 1.54) is 0 Å². The monoisotopic (exact) mass is 302 g/mol. The average Bonchev–Trinajstić information content (AvgIpc) is 2.97. The molecule has 1 spiro atoms. The van der Waals surface area contributed by atoms with Crippen LogP contribution in [0.3, 0.4) is 0 Å². The molecule has 1 aromatic carbocycles. The molecule has 1 aliphatic heterocycles. The molecule has 0 amide bonds. The molecule has 4 nitrogen and oxygen atoms in total. The summed E-state index contributed by atoms with van der Waals surface area (Å²) in [4.78, 5) is 25.8. The molecule has 2 aliphatic rings. The fourth-order valence-corrected chi connectivity index (χ4v) is 3.66. The molecule has 3 rings (SSSR count). The maximum absolute atomic E-state index is 12.9. The molecule has 118 valence electrons. The maximum Gasteiger partial charge on any atom is 0.176 e. The Morgan fingerprint density at radius 3 is 2.41 bits per heavy atom. The molecular formula is C18H22O4. The highest BCUT2D eigenvalue weighted by Gasteiger charge is 2.51. The van der Waals surface area contributed by atoms with Crippen LogP contribution in [-0.4, -0.2) is 30.6 Å². The number of benzene rings is 1. The van der Waals surface area contributed by atoms with Gasteiger partial charge in [0, 0.05) is 24.3 Å². The van der Waals surface area contributed by atoms with E-state index in [1.807, 2.05) is 25.1 Å². The lowest BCUT2D eigenvalue weighted by molar-refractivity contribution is -0.171. The van der Waals surface area contributed by atoms with Gasteiger partial charge in [-0.2, -0.15) is 0 Å². The second-order valence-corrected chi connectivity index (χ2v) is 6.60. The first-order valence-corrected chi connectivity index (χ1v) is 7.89. The number of hydrogen-bond acceptors (Lipinski definition) is 4. The minimum atomic E-state index is -1.00. The van der Waals surface area contributed by atoms with Crippen molar-refractivity contribution < 1.29 is 19.1 Å². The van der Waals surface area contributed by atoms with Gasteiger partial charge in [-0.1, -0.05) is 37.3 Å². The maximum atomic E-state index is 12.9. The number of ether oxygens (including phenoxy) is 2. The molecular weight excluding hydrogens is 280 g/mol. The number of hydrogen-bond donors (Lipinski definition) is 0. The molecule has 1 aromatic rings. The van der Waals surface area contributed by atoms with Crippen LogP contribution in [0.2, 0.25) is 0 Å². The highest BCUT2D eigenvalue weighted by atomic mass is 16.7. The summed E-state index contributed by atoms with van der Waals surface area (Å²) >= 11 is 0. The lowest BCUT2D eigenvalue weighted by atomic mass is 9.73. The van der Waals surface area contributed by atoms with Crippen molar-refractivity contribution in [2.24, 2.45) is 11.3 Å². The largest absolute Gasteiger partial charge is 0.348 e. The minimum Gasteiger partial charge on any atom is -0.348 e. The van der Waals surface area contributed by atoms with E-state index in [2.05, 4.69) is 0 Å². The van der Waals surface area contributed by atoms with Gasteiger partial charge in [0.05, 0.1) is 18.6 Å². The van der Waals surface area contributed by atoms with Gasteiger partial charge >= 0.3 is 0 Å². The standard InChI is InChI=1S/C18H22O4/c1-13-12-18(21-10-11-22-18)9-8-17(2,15(13)19)16(20)14-6-4-3-5-7-14/h3-7,13H,8-12H2,1-2H3/t13-,17-/m0/s1. The molecule has 0 N–H and O–H groups in total. The third-order valence-corrected chi connectivity index (χ3v) is 4.97. The Hall–Kier alpha value is -1.52. The van der Waals surface area contributed by atoms with Gasteiger partial charge in [-0.25, -0.2) is 0 Å². The van der Waals surface area contributed by atoms with Gasteiger partial charge in [0.2, 0.25) is 0 Å². The SMILES string of the molecule is C[C@H]1CC2(CC[C@](C)(C(=O)c3ccccc3)C1=O)OCCO2. The Kier molecular flexibility index (Phi) is 3.91. The number of rotatable bonds is 2. The molecule has 0 bridgehead atoms. The normalized spacial score (nSPS) is 31.2. The lowest BCUT2D eigenvalue weighted by Gasteiger charge is -2.27. The highest BCUT2D eigenvalue weighted by Crippen LogP contribution is 2.44. The average molecular weight is 302 g/mol. The number of carbonyl (C=O) groups excluding carboxylic acids is 2. The summed E-state index contributed by atoms with van der Waals surface area (Å²) in [5, 5.41) is 0. The Morgan fingerprint density at radius 2 is 1.77 bits per heavy atom. The zero-order chi connectivity index (χ0) is 15.8. The van der Waals surface area contributed by atoms with E-state index in [9.17, 15) is 9.59 Å². The van der Waals surface area contributed by atoms with Crippen LogP contribution >= 0.6 is 0 Å². The van der Waals surface area contributed by atoms with Gasteiger partial charge < -0.3 is 9.47 Å². The van der Waals surface area contributed by atoms with Crippen LogP contribution in [0.1, 0.15) is 43.5 Å². The summed E-state index contributed by atoms with van der Waals surface area (Å²) in [5.41, 5.74) is -0.408. The van der Waals surface area contributed by atoms with Crippen molar-refractivity contribution in [1.82, 2.24) is 0 Å². The molecule has 1 saturated carbocycles. The molecule has 1 heterocycles. The van der Waals surface area contributed by atoms with Crippen molar-refractivity contribution in [2.45, 2.75) is 38.9 Å². The predicted molar refractivity (Wildman–Crippen MR) is 81.5 cm³/mol. The smallest absolute Gasteiger partial charge is 0.176 e. The molecule has 2 fully saturated rings. The molecule has 4 heteroatoms. The zero-order valence-corrected chi connectivity index (χ0v) is 13.1. The van der Waals surface area contributed by atoms with Gasteiger partial charge in [-0.3, -0.25) is 9.59 Å². The summed E-state index contributed by atoms with van der Waals surface area (Å²) < 4.78 is 11.5. The van der Waals surface area contributed by atoms with E-state index in [0.29, 0.717) is 38.0 Å². The molecule has 2 atom stereocenters. The predicted octanol–water partition coefficient (Wildman–Crippen LogP) is 3.01. The second kappa shape index (κ2) is 5.60. The molecule has 0 aromatic heterocycles. The Balaban J connectivity index is 1.91. The van der Waals surface area contributed by atoms with Crippen LogP contribution in [0.15, 0.2) is 30.3 Å². The van der Waals surface area contributed by atoms with Gasteiger partial charge in [0.25, 0.3) is 0 Å². The summed E-state index contributed by atoms with van der Waals surface area (Å²) in [7, 11) is 0. The van der Waals surface area contributed by atoms with Crippen LogP contribution in [0.4, 0.5) is 0 Å². The Bertz CT molecular complexity index is 574. The lowest BCUT2D eigenvalue weighted by Crippen LogP contribution is -2.38. The van der Waals surface area contributed by atoms with Crippen LogP contribution in [0.5, 0.6) is 0 Å². The van der Waals surface area contributed by atoms with E-state index in [-0.39, 0.29) is 17.5 Å². The first-order valence-electron chi connectivity index (χ1n) is 7.89. The minimum absolute atomic E-state index is 0.00247. The van der Waals surface area contributed by atoms with Gasteiger partial charge in [0.15, 0.2) is 11.6 Å². The third-order valence-electron chi connectivity index (χ3n) is 4.97. The highest BCUT2D eigenvalue weighted by molar-refractivity contribution is 6.14. The van der Waals surface area contributed by atoms with Gasteiger partial charge in [0.1, 0.15) is 5.78 Å². The number of carbonyl (C=O) groups is 2. The summed E-state index contributed by atoms with van der Waals surface area (Å²) in [6.07, 6.45) is 1.57. The van der Waals surface area contributed by atoms with Crippen molar-refractivity contribution in [1.29, 1.82) is 0 Å². The van der Waals surface area contributed by atoms with Crippen molar-refractivity contribution in [2.75, 3.05) is 13.2 Å². The van der Waals surface area contributed by atoms with Crippen LogP contribution in [-0.2, 0) is 14.3 Å². The summed E-state index contributed by atoms with van der Waals surface area (Å²) in [6, 6.07) is 9.06. The van der Waals surface area contributed by atoms with Crippen molar-refractivity contribution >= 4 is 11.6 Å². The van der Waals surface area contributed by atoms with E-state index >= 15 is 0 Å². The summed E-state index contributed by atoms with van der Waals surface area (Å²) in [5.74, 6) is -1.03. The van der Waals surface area contributed by atoms with Crippen molar-refractivity contribution in [3.8, 4) is 0 Å². The second-order valence-electron chi connectivity index (χ2n) is 6.60. The third kappa shape index (κ3) is 2.50. The van der Waals surface area contributed by atoms with Crippen molar-refractivity contribution in [3.63, 3.8) is 0 Å². The molecule has 1 saturated heterocycles. The van der Waals surface area contributed by atoms with Crippen molar-refractivity contribution in [3.05, 3.63) is 35.9 Å². The molecule has 1 aliphatic carbocycles. The quantitative estimate of drug-likeness (QED) is 0.622. The first kappa shape index (κ1) is 15.4. The fraction of sp³-hybridized carbons (Fsp3) is 0.556. The van der Waals surface area contributed by atoms with E-state index in [4.69, 9.17) is 9.47 Å². The molecule has 22 heavy (non-hydrogen) atoms. The molecule has 0 radical (unpaired) electrons. The topological polar surface area (TPSA) is 52.6 Å².